The molecule has 0 radical (unpaired) electrons. The number of hydrogen-bond acceptors (Lipinski definition) is 5. The molecule has 122 valence electrons. The summed E-state index contributed by atoms with van der Waals surface area (Å²) in [5.41, 5.74) is 7.41. The summed E-state index contributed by atoms with van der Waals surface area (Å²) in [6, 6.07) is 13.2. The summed E-state index contributed by atoms with van der Waals surface area (Å²) in [7, 11) is 0.0750. The van der Waals surface area contributed by atoms with E-state index in [2.05, 4.69) is 0 Å². The van der Waals surface area contributed by atoms with Gasteiger partial charge in [0.2, 0.25) is 9.84 Å². The van der Waals surface area contributed by atoms with Gasteiger partial charge in [-0.05, 0) is 50.3 Å². The lowest BCUT2D eigenvalue weighted by atomic mass is 10.1. The van der Waals surface area contributed by atoms with Crippen molar-refractivity contribution in [1.82, 2.24) is 4.90 Å². The normalized spacial score (nSPS) is 11.6. The van der Waals surface area contributed by atoms with E-state index in [1.165, 1.54) is 12.1 Å². The molecule has 0 aromatic heterocycles. The zero-order valence-corrected chi connectivity index (χ0v) is 14.1. The lowest BCUT2D eigenvalue weighted by Crippen LogP contribution is -2.18. The van der Waals surface area contributed by atoms with Crippen LogP contribution in [0.5, 0.6) is 0 Å². The molecule has 0 bridgehead atoms. The van der Waals surface area contributed by atoms with Crippen LogP contribution in [0.25, 0.3) is 0 Å². The fraction of sp³-hybridized carbons (Fsp3) is 0.235. The summed E-state index contributed by atoms with van der Waals surface area (Å²) in [5.74, 6) is 0. The average molecular weight is 331 g/mol. The van der Waals surface area contributed by atoms with E-state index in [0.717, 1.165) is 18.5 Å². The first-order valence-corrected chi connectivity index (χ1v) is 8.73. The standard InChI is InChI=1S/C17H21N3O2S/c1-20(2)11-10-13-8-9-16(18)15(12-13)17(19)23(21,22)14-6-4-3-5-7-14/h3-9,12,19H,10-11,18H2,1-2H3. The molecule has 0 aliphatic heterocycles. The van der Waals surface area contributed by atoms with E-state index in [1.54, 1.807) is 30.3 Å². The lowest BCUT2D eigenvalue weighted by molar-refractivity contribution is 0.413. The van der Waals surface area contributed by atoms with Crippen molar-refractivity contribution >= 4 is 20.6 Å². The molecule has 5 nitrogen and oxygen atoms in total. The second kappa shape index (κ2) is 6.93. The minimum atomic E-state index is -3.87. The Bertz CT molecular complexity index is 800. The van der Waals surface area contributed by atoms with E-state index in [4.69, 9.17) is 11.1 Å². The number of anilines is 1. The van der Waals surface area contributed by atoms with Crippen LogP contribution in [0.1, 0.15) is 11.1 Å². The summed E-state index contributed by atoms with van der Waals surface area (Å²) < 4.78 is 25.1. The maximum absolute atomic E-state index is 12.6. The molecule has 2 rings (SSSR count). The van der Waals surface area contributed by atoms with Crippen molar-refractivity contribution in [1.29, 1.82) is 5.41 Å². The molecule has 23 heavy (non-hydrogen) atoms. The first-order valence-electron chi connectivity index (χ1n) is 7.24. The third-order valence-electron chi connectivity index (χ3n) is 3.53. The molecule has 0 atom stereocenters. The summed E-state index contributed by atoms with van der Waals surface area (Å²) >= 11 is 0. The predicted molar refractivity (Wildman–Crippen MR) is 93.6 cm³/mol. The monoisotopic (exact) mass is 331 g/mol. The molecule has 0 spiro atoms. The Morgan fingerprint density at radius 1 is 1.13 bits per heavy atom. The van der Waals surface area contributed by atoms with E-state index in [0.29, 0.717) is 5.69 Å². The highest BCUT2D eigenvalue weighted by Crippen LogP contribution is 2.22. The van der Waals surface area contributed by atoms with Gasteiger partial charge in [-0.2, -0.15) is 0 Å². The Morgan fingerprint density at radius 3 is 2.39 bits per heavy atom. The number of likely N-dealkylation sites (N-methyl/N-ethyl adjacent to an activating group) is 1. The molecule has 3 N–H and O–H groups in total. The van der Waals surface area contributed by atoms with Gasteiger partial charge in [0.25, 0.3) is 0 Å². The van der Waals surface area contributed by atoms with Gasteiger partial charge < -0.3 is 10.6 Å². The fourth-order valence-corrected chi connectivity index (χ4v) is 3.39. The Labute approximate surface area is 137 Å². The average Bonchev–Trinajstić information content (AvgIpc) is 2.54. The van der Waals surface area contributed by atoms with Crippen LogP contribution in [0, 0.1) is 5.41 Å². The molecule has 2 aromatic carbocycles. The summed E-state index contributed by atoms with van der Waals surface area (Å²) in [5, 5.41) is 7.68. The number of rotatable bonds is 5. The number of hydrogen-bond donors (Lipinski definition) is 2. The van der Waals surface area contributed by atoms with Gasteiger partial charge in [0.05, 0.1) is 4.90 Å². The Morgan fingerprint density at radius 2 is 1.78 bits per heavy atom. The molecule has 0 heterocycles. The van der Waals surface area contributed by atoms with Crippen molar-refractivity contribution in [3.8, 4) is 0 Å². The van der Waals surface area contributed by atoms with E-state index in [1.807, 2.05) is 25.1 Å². The third-order valence-corrected chi connectivity index (χ3v) is 5.18. The smallest absolute Gasteiger partial charge is 0.223 e. The number of nitrogens with zero attached hydrogens (tertiary/aromatic N) is 1. The quantitative estimate of drug-likeness (QED) is 0.499. The number of nitrogens with one attached hydrogen (secondary N) is 1. The van der Waals surface area contributed by atoms with E-state index in [-0.39, 0.29) is 10.5 Å². The summed E-state index contributed by atoms with van der Waals surface area (Å²) in [6.07, 6.45) is 0.763. The maximum Gasteiger partial charge on any atom is 0.223 e. The van der Waals surface area contributed by atoms with Gasteiger partial charge in [0.15, 0.2) is 5.04 Å². The van der Waals surface area contributed by atoms with Crippen LogP contribution in [0.2, 0.25) is 0 Å². The van der Waals surface area contributed by atoms with Gasteiger partial charge in [-0.3, -0.25) is 5.41 Å². The van der Waals surface area contributed by atoms with Crippen LogP contribution in [0.3, 0.4) is 0 Å². The van der Waals surface area contributed by atoms with Crippen molar-refractivity contribution in [2.45, 2.75) is 11.3 Å². The summed E-state index contributed by atoms with van der Waals surface area (Å²) in [4.78, 5) is 2.14. The molecule has 2 aromatic rings. The molecule has 0 aliphatic rings. The van der Waals surface area contributed by atoms with Gasteiger partial charge >= 0.3 is 0 Å². The zero-order chi connectivity index (χ0) is 17.0. The van der Waals surface area contributed by atoms with Crippen molar-refractivity contribution in [3.05, 3.63) is 59.7 Å². The van der Waals surface area contributed by atoms with Crippen molar-refractivity contribution in [2.75, 3.05) is 26.4 Å². The topological polar surface area (TPSA) is 87.2 Å². The lowest BCUT2D eigenvalue weighted by Gasteiger charge is -2.13. The number of nitrogens with two attached hydrogens (primary N) is 1. The summed E-state index contributed by atoms with van der Waals surface area (Å²) in [6.45, 7) is 0.835. The van der Waals surface area contributed by atoms with Gasteiger partial charge in [0, 0.05) is 17.8 Å². The number of benzene rings is 2. The maximum atomic E-state index is 12.6. The van der Waals surface area contributed by atoms with Crippen LogP contribution in [0.15, 0.2) is 53.4 Å². The van der Waals surface area contributed by atoms with Gasteiger partial charge in [-0.1, -0.05) is 24.3 Å². The Balaban J connectivity index is 2.37. The van der Waals surface area contributed by atoms with E-state index >= 15 is 0 Å². The fourth-order valence-electron chi connectivity index (χ4n) is 2.17. The molecule has 6 heteroatoms. The number of sulfone groups is 1. The largest absolute Gasteiger partial charge is 0.398 e. The first-order chi connectivity index (χ1) is 10.8. The third kappa shape index (κ3) is 3.97. The van der Waals surface area contributed by atoms with E-state index in [9.17, 15) is 8.42 Å². The highest BCUT2D eigenvalue weighted by Gasteiger charge is 2.24. The second-order valence-corrected chi connectivity index (χ2v) is 7.51. The van der Waals surface area contributed by atoms with Gasteiger partial charge in [-0.15, -0.1) is 0 Å². The molecule has 0 saturated carbocycles. The van der Waals surface area contributed by atoms with Crippen LogP contribution >= 0.6 is 0 Å². The zero-order valence-electron chi connectivity index (χ0n) is 13.3. The van der Waals surface area contributed by atoms with Crippen molar-refractivity contribution in [3.63, 3.8) is 0 Å². The molecule has 0 amide bonds. The Kier molecular flexibility index (Phi) is 5.18. The molecule has 0 unspecified atom stereocenters. The SMILES string of the molecule is CN(C)CCc1ccc(N)c(C(=N)S(=O)(=O)c2ccccc2)c1. The van der Waals surface area contributed by atoms with Gasteiger partial charge in [-0.25, -0.2) is 8.42 Å². The van der Waals surface area contributed by atoms with Crippen molar-refractivity contribution < 1.29 is 8.42 Å². The van der Waals surface area contributed by atoms with Gasteiger partial charge in [0.1, 0.15) is 0 Å². The van der Waals surface area contributed by atoms with Crippen LogP contribution in [-0.4, -0.2) is 39.0 Å². The second-order valence-electron chi connectivity index (χ2n) is 5.62. The predicted octanol–water partition coefficient (Wildman–Crippen LogP) is 2.17. The van der Waals surface area contributed by atoms with Crippen LogP contribution < -0.4 is 5.73 Å². The number of nitrogen functional groups attached to an aromatic ring is 1. The van der Waals surface area contributed by atoms with Crippen LogP contribution in [0.4, 0.5) is 5.69 Å². The molecule has 0 aliphatic carbocycles. The minimum Gasteiger partial charge on any atom is -0.398 e. The molecular weight excluding hydrogens is 310 g/mol. The molecule has 0 fully saturated rings. The van der Waals surface area contributed by atoms with E-state index < -0.39 is 14.9 Å². The molecular formula is C17H21N3O2S. The Hall–Kier alpha value is -2.18. The van der Waals surface area contributed by atoms with Crippen molar-refractivity contribution in [2.24, 2.45) is 0 Å². The molecule has 0 saturated heterocycles. The van der Waals surface area contributed by atoms with Crippen LogP contribution in [-0.2, 0) is 16.3 Å². The highest BCUT2D eigenvalue weighted by atomic mass is 32.2. The highest BCUT2D eigenvalue weighted by molar-refractivity contribution is 8.06. The minimum absolute atomic E-state index is 0.100. The first kappa shape index (κ1) is 17.2.